The number of rotatable bonds is 37. The highest BCUT2D eigenvalue weighted by molar-refractivity contribution is 7.80. The van der Waals surface area contributed by atoms with Gasteiger partial charge in [-0.25, -0.2) is 0 Å². The summed E-state index contributed by atoms with van der Waals surface area (Å²) in [5.41, 5.74) is 19.3. The fourth-order valence-corrected chi connectivity index (χ4v) is 10.8. The summed E-state index contributed by atoms with van der Waals surface area (Å²) in [5, 5.41) is 5.89. The van der Waals surface area contributed by atoms with E-state index in [0.717, 1.165) is 49.7 Å². The predicted octanol–water partition coefficient (Wildman–Crippen LogP) is 2.99. The van der Waals surface area contributed by atoms with Gasteiger partial charge in [-0.1, -0.05) is 123 Å². The summed E-state index contributed by atoms with van der Waals surface area (Å²) < 4.78 is 0. The van der Waals surface area contributed by atoms with Crippen LogP contribution in [-0.2, 0) is 56.2 Å². The van der Waals surface area contributed by atoms with Gasteiger partial charge in [-0.05, 0) is 88.1 Å². The first-order chi connectivity index (χ1) is 40.5. The average Bonchev–Trinajstić information content (AvgIpc) is 4.35. The van der Waals surface area contributed by atoms with Gasteiger partial charge in [0, 0.05) is 50.6 Å². The van der Waals surface area contributed by atoms with E-state index in [2.05, 4.69) is 29.8 Å². The molecule has 9 amide bonds. The van der Waals surface area contributed by atoms with E-state index < -0.39 is 86.2 Å². The smallest absolute Gasteiger partial charge is 0.243 e. The molecule has 8 N–H and O–H groups in total. The lowest BCUT2D eigenvalue weighted by molar-refractivity contribution is -0.150. The number of hydrogen-bond donors (Lipinski definition) is 6. The molecule has 0 aliphatic heterocycles. The van der Waals surface area contributed by atoms with Crippen molar-refractivity contribution in [2.75, 3.05) is 90.8 Å². The van der Waals surface area contributed by atoms with Crippen molar-refractivity contribution in [1.29, 1.82) is 0 Å². The van der Waals surface area contributed by atoms with Crippen molar-refractivity contribution in [3.8, 4) is 0 Å². The first-order valence-electron chi connectivity index (χ1n) is 29.6. The molecular formula is C62H90N12O9S. The Balaban J connectivity index is 1.40. The molecule has 2 aliphatic carbocycles. The van der Waals surface area contributed by atoms with Gasteiger partial charge in [-0.2, -0.15) is 12.6 Å². The minimum atomic E-state index is -1.07. The van der Waals surface area contributed by atoms with Gasteiger partial charge in [0.1, 0.15) is 38.8 Å². The highest BCUT2D eigenvalue weighted by Crippen LogP contribution is 2.26. The maximum atomic E-state index is 15.2. The largest absolute Gasteiger partial charge is 0.368 e. The van der Waals surface area contributed by atoms with Gasteiger partial charge < -0.3 is 62.1 Å². The number of primary amides is 1. The molecule has 22 heteroatoms. The zero-order valence-corrected chi connectivity index (χ0v) is 49.9. The third-order valence-corrected chi connectivity index (χ3v) is 15.8. The van der Waals surface area contributed by atoms with Crippen LogP contribution >= 0.6 is 12.6 Å². The van der Waals surface area contributed by atoms with Crippen LogP contribution in [0, 0.1) is 0 Å². The van der Waals surface area contributed by atoms with Crippen LogP contribution in [0.2, 0.25) is 0 Å². The van der Waals surface area contributed by atoms with E-state index in [1.165, 1.54) is 30.6 Å². The minimum Gasteiger partial charge on any atom is -0.368 e. The van der Waals surface area contributed by atoms with Crippen LogP contribution in [-0.4, -0.2) is 196 Å². The Morgan fingerprint density at radius 3 is 1.56 bits per heavy atom. The molecule has 2 atom stereocenters. The van der Waals surface area contributed by atoms with E-state index in [1.54, 1.807) is 16.7 Å². The second-order valence-electron chi connectivity index (χ2n) is 21.8. The zero-order chi connectivity index (χ0) is 60.8. The van der Waals surface area contributed by atoms with Crippen molar-refractivity contribution in [3.63, 3.8) is 0 Å². The van der Waals surface area contributed by atoms with Crippen LogP contribution in [0.15, 0.2) is 104 Å². The van der Waals surface area contributed by atoms with E-state index in [4.69, 9.17) is 17.2 Å². The average molecular weight is 1180 g/mol. The molecule has 2 fully saturated rings. The standard InChI is InChI=1S/C62H90N12O9S/c1-3-33-68(40-57(78)70(35-20-18-32-64)41-56(77)69(34-19-17-31-63)39-54(75)67-53(46-84)62(65)83)58(79)44-73(47(2)50-25-11-6-12-26-50)60(81)42-72(38-49-23-9-5-10-24-49)59(80)45-74(52-29-15-16-30-52)61(82)43-71(37-48-21-7-4-8-22-48)55(76)36-66-51-27-13-14-28-51/h3-12,21-26,47,51-53,66,84H,1,13-20,27-46,63-64H2,2H3,(H2,65,83)(H,67,75)/t47-,53-/m0/s1. The van der Waals surface area contributed by atoms with Gasteiger partial charge in [0.05, 0.1) is 25.7 Å². The second kappa shape index (κ2) is 36.5. The maximum Gasteiger partial charge on any atom is 0.243 e. The number of nitrogens with one attached hydrogen (secondary N) is 2. The summed E-state index contributed by atoms with van der Waals surface area (Å²) in [7, 11) is 0. The lowest BCUT2D eigenvalue weighted by Gasteiger charge is -2.35. The first kappa shape index (κ1) is 67.6. The molecule has 458 valence electrons. The van der Waals surface area contributed by atoms with Crippen molar-refractivity contribution in [3.05, 3.63) is 120 Å². The van der Waals surface area contributed by atoms with Crippen molar-refractivity contribution < 1.29 is 43.2 Å². The molecular weight excluding hydrogens is 1090 g/mol. The zero-order valence-electron chi connectivity index (χ0n) is 49.0. The van der Waals surface area contributed by atoms with E-state index in [9.17, 15) is 33.6 Å². The number of benzene rings is 3. The van der Waals surface area contributed by atoms with Crippen LogP contribution in [0.4, 0.5) is 0 Å². The number of amides is 9. The number of unbranched alkanes of at least 4 members (excludes halogenated alkanes) is 2. The molecule has 0 bridgehead atoms. The first-order valence-corrected chi connectivity index (χ1v) is 30.2. The Morgan fingerprint density at radius 1 is 0.571 bits per heavy atom. The monoisotopic (exact) mass is 1180 g/mol. The number of nitrogens with zero attached hydrogens (tertiary/aromatic N) is 7. The molecule has 0 radical (unpaired) electrons. The summed E-state index contributed by atoms with van der Waals surface area (Å²) in [6, 6.07) is 25.9. The molecule has 2 saturated carbocycles. The van der Waals surface area contributed by atoms with Crippen molar-refractivity contribution >= 4 is 65.8 Å². The van der Waals surface area contributed by atoms with Gasteiger partial charge in [-0.15, -0.1) is 6.58 Å². The summed E-state index contributed by atoms with van der Waals surface area (Å²) in [6.45, 7) is 3.67. The molecule has 5 rings (SSSR count). The molecule has 0 saturated heterocycles. The van der Waals surface area contributed by atoms with E-state index in [1.807, 2.05) is 91.0 Å². The van der Waals surface area contributed by atoms with Crippen molar-refractivity contribution in [2.24, 2.45) is 17.2 Å². The highest BCUT2D eigenvalue weighted by Gasteiger charge is 2.35. The van der Waals surface area contributed by atoms with E-state index in [0.29, 0.717) is 57.2 Å². The number of nitrogens with two attached hydrogens (primary N) is 3. The summed E-state index contributed by atoms with van der Waals surface area (Å²) >= 11 is 4.10. The summed E-state index contributed by atoms with van der Waals surface area (Å²) in [5.74, 6) is -4.93. The highest BCUT2D eigenvalue weighted by atomic mass is 32.1. The van der Waals surface area contributed by atoms with Gasteiger partial charge in [0.15, 0.2) is 0 Å². The molecule has 0 aromatic heterocycles. The van der Waals surface area contributed by atoms with Crippen molar-refractivity contribution in [2.45, 2.75) is 121 Å². The quantitative estimate of drug-likeness (QED) is 0.0276. The van der Waals surface area contributed by atoms with Crippen LogP contribution in [0.25, 0.3) is 0 Å². The summed E-state index contributed by atoms with van der Waals surface area (Å²) in [6.07, 6.45) is 10.6. The normalized spacial score (nSPS) is 14.0. The Labute approximate surface area is 501 Å². The van der Waals surface area contributed by atoms with Gasteiger partial charge in [0.2, 0.25) is 53.2 Å². The lowest BCUT2D eigenvalue weighted by Crippen LogP contribution is -2.53. The molecule has 84 heavy (non-hydrogen) atoms. The molecule has 0 unspecified atom stereocenters. The Morgan fingerprint density at radius 2 is 1.04 bits per heavy atom. The Kier molecular flexibility index (Phi) is 29.4. The number of thiol groups is 1. The predicted molar refractivity (Wildman–Crippen MR) is 326 cm³/mol. The number of carbonyl (C=O) groups is 9. The van der Waals surface area contributed by atoms with Crippen LogP contribution in [0.3, 0.4) is 0 Å². The Hall–Kier alpha value is -7.14. The maximum absolute atomic E-state index is 15.2. The third kappa shape index (κ3) is 22.5. The van der Waals surface area contributed by atoms with Gasteiger partial charge >= 0.3 is 0 Å². The summed E-state index contributed by atoms with van der Waals surface area (Å²) in [4.78, 5) is 137. The van der Waals surface area contributed by atoms with Crippen LogP contribution in [0.1, 0.15) is 107 Å². The molecule has 0 heterocycles. The van der Waals surface area contributed by atoms with E-state index in [-0.39, 0.29) is 82.0 Å². The molecule has 3 aromatic carbocycles. The van der Waals surface area contributed by atoms with E-state index >= 15 is 9.59 Å². The lowest BCUT2D eigenvalue weighted by atomic mass is 10.1. The molecule has 2 aliphatic rings. The molecule has 3 aromatic rings. The molecule has 0 spiro atoms. The Bertz CT molecular complexity index is 2590. The number of hydrogen-bond acceptors (Lipinski definition) is 13. The SMILES string of the molecule is C=CCN(CC(=O)N(CCCCN)CC(=O)N(CCCCN)CC(=O)N[C@@H](CS)C(N)=O)C(=O)CN(C(=O)CN(Cc1ccccc1)C(=O)CN(C(=O)CN(Cc1ccccc1)C(=O)CNC1CCCC1)C1CCCC1)[C@@H](C)c1ccccc1. The fourth-order valence-electron chi connectivity index (χ4n) is 10.6. The number of carbonyl (C=O) groups excluding carboxylic acids is 9. The van der Waals surface area contributed by atoms with Gasteiger partial charge in [-0.3, -0.25) is 43.2 Å². The van der Waals surface area contributed by atoms with Crippen molar-refractivity contribution in [1.82, 2.24) is 44.9 Å². The fraction of sp³-hybridized carbons (Fsp3) is 0.532. The van der Waals surface area contributed by atoms with Gasteiger partial charge in [0.25, 0.3) is 0 Å². The second-order valence-corrected chi connectivity index (χ2v) is 22.2. The molecule has 21 nitrogen and oxygen atoms in total. The minimum absolute atomic E-state index is 0.000452. The third-order valence-electron chi connectivity index (χ3n) is 15.5. The topological polar surface area (TPSA) is 278 Å². The van der Waals surface area contributed by atoms with Crippen LogP contribution < -0.4 is 27.8 Å². The van der Waals surface area contributed by atoms with Crippen LogP contribution in [0.5, 0.6) is 0 Å².